The zero-order valence-corrected chi connectivity index (χ0v) is 18.7. The number of nitrogens with one attached hydrogen (secondary N) is 1. The number of furan rings is 1. The van der Waals surface area contributed by atoms with Gasteiger partial charge in [0.25, 0.3) is 0 Å². The third-order valence-corrected chi connectivity index (χ3v) is 5.88. The van der Waals surface area contributed by atoms with E-state index < -0.39 is 23.5 Å². The van der Waals surface area contributed by atoms with Crippen LogP contribution in [-0.2, 0) is 16.0 Å². The number of hydrogen-bond donors (Lipinski definition) is 2. The summed E-state index contributed by atoms with van der Waals surface area (Å²) >= 11 is 0. The Morgan fingerprint density at radius 2 is 1.73 bits per heavy atom. The molecule has 2 N–H and O–H groups in total. The number of rotatable bonds is 7. The molecule has 0 bridgehead atoms. The molecule has 0 fully saturated rings. The maximum absolute atomic E-state index is 12.7. The SMILES string of the molecule is CCC[C@@H](NC(=O)Cc1c(C)c2cc3c(-c4ccccc4)c(C)oc3cc2oc1=O)C(=O)O. The van der Waals surface area contributed by atoms with Gasteiger partial charge >= 0.3 is 11.6 Å². The van der Waals surface area contributed by atoms with Crippen molar-refractivity contribution in [3.05, 3.63) is 69.8 Å². The van der Waals surface area contributed by atoms with Crippen LogP contribution in [-0.4, -0.2) is 23.0 Å². The molecule has 0 spiro atoms. The number of fused-ring (bicyclic) bond motifs is 2. The van der Waals surface area contributed by atoms with E-state index in [4.69, 9.17) is 8.83 Å². The summed E-state index contributed by atoms with van der Waals surface area (Å²) in [5.74, 6) is -0.879. The zero-order valence-electron chi connectivity index (χ0n) is 18.7. The van der Waals surface area contributed by atoms with Crippen molar-refractivity contribution in [3.63, 3.8) is 0 Å². The molecule has 33 heavy (non-hydrogen) atoms. The Morgan fingerprint density at radius 3 is 2.39 bits per heavy atom. The van der Waals surface area contributed by atoms with E-state index in [9.17, 15) is 19.5 Å². The molecule has 0 saturated heterocycles. The molecule has 0 aliphatic heterocycles. The van der Waals surface area contributed by atoms with E-state index in [0.29, 0.717) is 35.0 Å². The maximum Gasteiger partial charge on any atom is 0.340 e. The van der Waals surface area contributed by atoms with E-state index >= 15 is 0 Å². The van der Waals surface area contributed by atoms with Crippen LogP contribution in [0.2, 0.25) is 0 Å². The van der Waals surface area contributed by atoms with Crippen LogP contribution in [0, 0.1) is 13.8 Å². The summed E-state index contributed by atoms with van der Waals surface area (Å²) in [6.45, 7) is 5.50. The van der Waals surface area contributed by atoms with Gasteiger partial charge in [-0.3, -0.25) is 4.79 Å². The van der Waals surface area contributed by atoms with Crippen LogP contribution in [0.1, 0.15) is 36.7 Å². The summed E-state index contributed by atoms with van der Waals surface area (Å²) in [6.07, 6.45) is 0.663. The first-order chi connectivity index (χ1) is 15.8. The van der Waals surface area contributed by atoms with Crippen molar-refractivity contribution < 1.29 is 23.5 Å². The molecule has 4 rings (SSSR count). The first kappa shape index (κ1) is 22.3. The normalized spacial score (nSPS) is 12.2. The van der Waals surface area contributed by atoms with Gasteiger partial charge in [-0.15, -0.1) is 0 Å². The number of carbonyl (C=O) groups excluding carboxylic acids is 1. The topological polar surface area (TPSA) is 110 Å². The lowest BCUT2D eigenvalue weighted by Gasteiger charge is -2.14. The molecule has 1 atom stereocenters. The Morgan fingerprint density at radius 1 is 1.03 bits per heavy atom. The number of aryl methyl sites for hydroxylation is 2. The van der Waals surface area contributed by atoms with Gasteiger partial charge in [-0.25, -0.2) is 9.59 Å². The molecule has 0 saturated carbocycles. The van der Waals surface area contributed by atoms with Gasteiger partial charge in [0.15, 0.2) is 0 Å². The fourth-order valence-corrected chi connectivity index (χ4v) is 4.22. The van der Waals surface area contributed by atoms with Gasteiger partial charge in [0.2, 0.25) is 5.91 Å². The van der Waals surface area contributed by atoms with Gasteiger partial charge < -0.3 is 19.3 Å². The molecular formula is C26H25NO6. The summed E-state index contributed by atoms with van der Waals surface area (Å²) in [5, 5.41) is 13.4. The van der Waals surface area contributed by atoms with Gasteiger partial charge in [-0.2, -0.15) is 0 Å². The highest BCUT2D eigenvalue weighted by atomic mass is 16.4. The Bertz CT molecular complexity index is 1410. The van der Waals surface area contributed by atoms with Crippen molar-refractivity contribution in [2.45, 2.75) is 46.1 Å². The molecule has 2 aromatic carbocycles. The van der Waals surface area contributed by atoms with Crippen molar-refractivity contribution in [2.24, 2.45) is 0 Å². The van der Waals surface area contributed by atoms with Gasteiger partial charge in [0.05, 0.1) is 12.0 Å². The lowest BCUT2D eigenvalue weighted by molar-refractivity contribution is -0.141. The number of benzene rings is 2. The first-order valence-corrected chi connectivity index (χ1v) is 10.9. The largest absolute Gasteiger partial charge is 0.480 e. The van der Waals surface area contributed by atoms with Gasteiger partial charge in [-0.1, -0.05) is 43.7 Å². The van der Waals surface area contributed by atoms with Crippen LogP contribution in [0.15, 0.2) is 56.1 Å². The molecule has 4 aromatic rings. The summed E-state index contributed by atoms with van der Waals surface area (Å²) < 4.78 is 11.5. The van der Waals surface area contributed by atoms with E-state index in [1.165, 1.54) is 0 Å². The minimum absolute atomic E-state index is 0.210. The summed E-state index contributed by atoms with van der Waals surface area (Å²) in [6, 6.07) is 12.5. The predicted octanol–water partition coefficient (Wildman–Crippen LogP) is 4.74. The van der Waals surface area contributed by atoms with E-state index in [2.05, 4.69) is 5.32 Å². The Balaban J connectivity index is 1.78. The summed E-state index contributed by atoms with van der Waals surface area (Å²) in [5.41, 5.74) is 3.16. The maximum atomic E-state index is 12.7. The second-order valence-electron chi connectivity index (χ2n) is 8.16. The quantitative estimate of drug-likeness (QED) is 0.396. The fourth-order valence-electron chi connectivity index (χ4n) is 4.22. The third-order valence-electron chi connectivity index (χ3n) is 5.88. The monoisotopic (exact) mass is 447 g/mol. The lowest BCUT2D eigenvalue weighted by atomic mass is 9.98. The molecule has 0 aliphatic rings. The average Bonchev–Trinajstić information content (AvgIpc) is 3.10. The molecule has 2 aromatic heterocycles. The van der Waals surface area contributed by atoms with Crippen molar-refractivity contribution in [2.75, 3.05) is 0 Å². The number of carboxylic acid groups (broad SMARTS) is 1. The highest BCUT2D eigenvalue weighted by Gasteiger charge is 2.22. The minimum Gasteiger partial charge on any atom is -0.480 e. The van der Waals surface area contributed by atoms with Crippen molar-refractivity contribution in [1.82, 2.24) is 5.32 Å². The lowest BCUT2D eigenvalue weighted by Crippen LogP contribution is -2.41. The van der Waals surface area contributed by atoms with Crippen LogP contribution >= 0.6 is 0 Å². The molecule has 7 nitrogen and oxygen atoms in total. The van der Waals surface area contributed by atoms with Crippen LogP contribution < -0.4 is 10.9 Å². The molecule has 0 aliphatic carbocycles. The molecule has 2 heterocycles. The second kappa shape index (κ2) is 8.94. The van der Waals surface area contributed by atoms with Gasteiger partial charge in [-0.05, 0) is 37.5 Å². The highest BCUT2D eigenvalue weighted by Crippen LogP contribution is 2.37. The van der Waals surface area contributed by atoms with Crippen LogP contribution in [0.5, 0.6) is 0 Å². The van der Waals surface area contributed by atoms with Crippen molar-refractivity contribution >= 4 is 33.8 Å². The van der Waals surface area contributed by atoms with E-state index in [0.717, 1.165) is 22.3 Å². The summed E-state index contributed by atoms with van der Waals surface area (Å²) in [7, 11) is 0. The Labute approximate surface area is 190 Å². The number of carbonyl (C=O) groups is 2. The minimum atomic E-state index is -1.10. The van der Waals surface area contributed by atoms with Crippen molar-refractivity contribution in [1.29, 1.82) is 0 Å². The van der Waals surface area contributed by atoms with Gasteiger partial charge in [0.1, 0.15) is 23.0 Å². The number of hydrogen-bond acceptors (Lipinski definition) is 5. The average molecular weight is 447 g/mol. The summed E-state index contributed by atoms with van der Waals surface area (Å²) in [4.78, 5) is 36.6. The standard InChI is InChI=1S/C26H25NO6/c1-4-8-20(25(29)30)27-23(28)12-18-14(2)17-11-19-22(13-21(17)33-26(18)31)32-15(3)24(19)16-9-6-5-7-10-16/h5-7,9-11,13,20H,4,8,12H2,1-3H3,(H,27,28)(H,29,30)/t20-/m1/s1. The molecule has 0 unspecified atom stereocenters. The fraction of sp³-hybridized carbons (Fsp3) is 0.269. The number of carboxylic acids is 1. The first-order valence-electron chi connectivity index (χ1n) is 10.9. The van der Waals surface area contributed by atoms with Gasteiger partial charge in [0, 0.05) is 22.4 Å². The van der Waals surface area contributed by atoms with Crippen LogP contribution in [0.3, 0.4) is 0 Å². The highest BCUT2D eigenvalue weighted by molar-refractivity contribution is 6.03. The molecule has 170 valence electrons. The molecule has 1 amide bonds. The molecular weight excluding hydrogens is 422 g/mol. The second-order valence-corrected chi connectivity index (χ2v) is 8.16. The smallest absolute Gasteiger partial charge is 0.340 e. The van der Waals surface area contributed by atoms with Crippen LogP contribution in [0.4, 0.5) is 0 Å². The van der Waals surface area contributed by atoms with E-state index in [1.807, 2.05) is 50.2 Å². The molecule has 7 heteroatoms. The zero-order chi connectivity index (χ0) is 23.7. The Hall–Kier alpha value is -3.87. The van der Waals surface area contributed by atoms with E-state index in [1.54, 1.807) is 13.0 Å². The predicted molar refractivity (Wildman–Crippen MR) is 125 cm³/mol. The third kappa shape index (κ3) is 4.26. The number of aliphatic carboxylic acids is 1. The number of amides is 1. The Kier molecular flexibility index (Phi) is 6.05. The van der Waals surface area contributed by atoms with Crippen LogP contribution in [0.25, 0.3) is 33.1 Å². The van der Waals surface area contributed by atoms with Crippen molar-refractivity contribution in [3.8, 4) is 11.1 Å². The molecule has 0 radical (unpaired) electrons. The van der Waals surface area contributed by atoms with E-state index in [-0.39, 0.29) is 12.0 Å².